The second-order valence-electron chi connectivity index (χ2n) is 12.1. The predicted octanol–water partition coefficient (Wildman–Crippen LogP) is 3.59. The largest absolute Gasteiger partial charge is 0.477 e. The average molecular weight is 498 g/mol. The monoisotopic (exact) mass is 497 g/mol. The van der Waals surface area contributed by atoms with Gasteiger partial charge in [-0.15, -0.1) is 0 Å². The van der Waals surface area contributed by atoms with Gasteiger partial charge in [-0.1, -0.05) is 13.0 Å². The Morgan fingerprint density at radius 2 is 1.78 bits per heavy atom. The summed E-state index contributed by atoms with van der Waals surface area (Å²) < 4.78 is 7.61. The van der Waals surface area contributed by atoms with Crippen LogP contribution in [-0.2, 0) is 4.79 Å². The van der Waals surface area contributed by atoms with Crippen molar-refractivity contribution in [3.8, 4) is 5.88 Å². The van der Waals surface area contributed by atoms with Crippen molar-refractivity contribution in [2.45, 2.75) is 84.2 Å². The first-order chi connectivity index (χ1) is 17.3. The normalized spacial score (nSPS) is 30.0. The molecule has 1 aliphatic heterocycles. The van der Waals surface area contributed by atoms with Crippen LogP contribution in [0.2, 0.25) is 0 Å². The molecule has 8 nitrogen and oxygen atoms in total. The highest BCUT2D eigenvalue weighted by Gasteiger charge is 2.48. The van der Waals surface area contributed by atoms with E-state index in [0.29, 0.717) is 29.9 Å². The number of hydrogen-bond acceptors (Lipinski definition) is 5. The maximum Gasteiger partial charge on any atom is 0.258 e. The molecule has 36 heavy (non-hydrogen) atoms. The van der Waals surface area contributed by atoms with Gasteiger partial charge >= 0.3 is 0 Å². The second-order valence-corrected chi connectivity index (χ2v) is 12.1. The molecule has 198 valence electrons. The number of amides is 2. The van der Waals surface area contributed by atoms with E-state index < -0.39 is 5.41 Å². The average Bonchev–Trinajstić information content (AvgIpc) is 3.26. The first-order valence-electron chi connectivity index (χ1n) is 14.1. The molecule has 4 bridgehead atoms. The minimum absolute atomic E-state index is 0.00585. The van der Waals surface area contributed by atoms with Crippen molar-refractivity contribution >= 4 is 18.0 Å². The highest BCUT2D eigenvalue weighted by Crippen LogP contribution is 2.53. The summed E-state index contributed by atoms with van der Waals surface area (Å²) in [6, 6.07) is 0.473. The van der Waals surface area contributed by atoms with E-state index in [2.05, 4.69) is 21.0 Å². The summed E-state index contributed by atoms with van der Waals surface area (Å²) in [6.45, 7) is 8.20. The number of piperidine rings is 1. The Kier molecular flexibility index (Phi) is 7.42. The van der Waals surface area contributed by atoms with Gasteiger partial charge in [0.1, 0.15) is 5.56 Å². The van der Waals surface area contributed by atoms with Crippen molar-refractivity contribution in [2.75, 3.05) is 19.7 Å². The van der Waals surface area contributed by atoms with E-state index >= 15 is 0 Å². The molecule has 6 rings (SSSR count). The molecule has 5 aliphatic rings. The molecule has 0 aromatic carbocycles. The van der Waals surface area contributed by atoms with Crippen LogP contribution in [0.15, 0.2) is 12.3 Å². The molecule has 5 fully saturated rings. The van der Waals surface area contributed by atoms with Crippen molar-refractivity contribution in [3.63, 3.8) is 0 Å². The van der Waals surface area contributed by atoms with Crippen LogP contribution < -0.4 is 20.7 Å². The smallest absolute Gasteiger partial charge is 0.258 e. The number of carbonyl (C=O) groups excluding carboxylic acids is 2. The SMILES string of the molecule is CCCOc1c(C(=O)NC2C3CC4CC(C3)CC2C4)cnn1/C=C/C(C)(C)C(=O)NC1CCNCC1. The van der Waals surface area contributed by atoms with E-state index in [0.717, 1.165) is 44.2 Å². The van der Waals surface area contributed by atoms with E-state index in [4.69, 9.17) is 4.74 Å². The van der Waals surface area contributed by atoms with Gasteiger partial charge in [0.05, 0.1) is 18.2 Å². The van der Waals surface area contributed by atoms with Gasteiger partial charge in [0.25, 0.3) is 5.91 Å². The lowest BCUT2D eigenvalue weighted by molar-refractivity contribution is -0.128. The number of nitrogens with one attached hydrogen (secondary N) is 3. The first-order valence-corrected chi connectivity index (χ1v) is 14.1. The quantitative estimate of drug-likeness (QED) is 0.484. The third kappa shape index (κ3) is 5.34. The number of nitrogens with zero attached hydrogens (tertiary/aromatic N) is 2. The Bertz CT molecular complexity index is 950. The summed E-state index contributed by atoms with van der Waals surface area (Å²) in [5, 5.41) is 14.3. The van der Waals surface area contributed by atoms with Crippen LogP contribution in [-0.4, -0.2) is 53.4 Å². The molecule has 0 radical (unpaired) electrons. The lowest BCUT2D eigenvalue weighted by Crippen LogP contribution is -2.55. The molecular weight excluding hydrogens is 454 g/mol. The van der Waals surface area contributed by atoms with Crippen molar-refractivity contribution in [1.82, 2.24) is 25.7 Å². The Morgan fingerprint density at radius 1 is 1.11 bits per heavy atom. The van der Waals surface area contributed by atoms with E-state index in [1.54, 1.807) is 17.1 Å². The lowest BCUT2D eigenvalue weighted by atomic mass is 9.54. The van der Waals surface area contributed by atoms with Gasteiger partial charge in [0.2, 0.25) is 11.8 Å². The molecule has 2 heterocycles. The van der Waals surface area contributed by atoms with Crippen LogP contribution in [0.5, 0.6) is 5.88 Å². The molecule has 2 amide bonds. The zero-order chi connectivity index (χ0) is 25.3. The zero-order valence-electron chi connectivity index (χ0n) is 22.1. The molecule has 8 heteroatoms. The fourth-order valence-electron chi connectivity index (χ4n) is 7.02. The van der Waals surface area contributed by atoms with Crippen molar-refractivity contribution in [3.05, 3.63) is 17.8 Å². The van der Waals surface area contributed by atoms with E-state index in [-0.39, 0.29) is 23.9 Å². The Hall–Kier alpha value is -2.35. The summed E-state index contributed by atoms with van der Waals surface area (Å²) in [6.07, 6.45) is 14.3. The number of ether oxygens (including phenoxy) is 1. The minimum atomic E-state index is -0.721. The van der Waals surface area contributed by atoms with E-state index in [9.17, 15) is 9.59 Å². The number of rotatable bonds is 9. The molecule has 4 aliphatic carbocycles. The topological polar surface area (TPSA) is 97.3 Å². The van der Waals surface area contributed by atoms with Crippen molar-refractivity contribution < 1.29 is 14.3 Å². The van der Waals surface area contributed by atoms with Gasteiger partial charge in [-0.25, -0.2) is 4.68 Å². The Balaban J connectivity index is 1.28. The summed E-state index contributed by atoms with van der Waals surface area (Å²) in [5.41, 5.74) is -0.249. The number of hydrogen-bond donors (Lipinski definition) is 3. The van der Waals surface area contributed by atoms with Gasteiger partial charge in [-0.3, -0.25) is 9.59 Å². The third-order valence-electron chi connectivity index (χ3n) is 8.85. The minimum Gasteiger partial charge on any atom is -0.477 e. The predicted molar refractivity (Wildman–Crippen MR) is 139 cm³/mol. The van der Waals surface area contributed by atoms with Crippen LogP contribution in [0, 0.1) is 29.1 Å². The number of aromatic nitrogens is 2. The highest BCUT2D eigenvalue weighted by molar-refractivity contribution is 5.96. The fraction of sp³-hybridized carbons (Fsp3) is 0.750. The molecule has 0 spiro atoms. The molecule has 1 aromatic rings. The van der Waals surface area contributed by atoms with Gasteiger partial charge in [0, 0.05) is 18.3 Å². The maximum absolute atomic E-state index is 13.4. The van der Waals surface area contributed by atoms with Crippen molar-refractivity contribution in [1.29, 1.82) is 0 Å². The van der Waals surface area contributed by atoms with E-state index in [1.165, 1.54) is 32.1 Å². The summed E-state index contributed by atoms with van der Waals surface area (Å²) in [5.74, 6) is 3.30. The molecule has 0 unspecified atom stereocenters. The molecule has 1 saturated heterocycles. The van der Waals surface area contributed by atoms with Crippen LogP contribution in [0.4, 0.5) is 0 Å². The first kappa shape index (κ1) is 25.3. The van der Waals surface area contributed by atoms with Crippen LogP contribution in [0.1, 0.15) is 82.5 Å². The van der Waals surface area contributed by atoms with Crippen LogP contribution in [0.25, 0.3) is 6.20 Å². The fourth-order valence-corrected chi connectivity index (χ4v) is 7.02. The Labute approximate surface area is 215 Å². The molecule has 0 atom stereocenters. The molecule has 4 saturated carbocycles. The van der Waals surface area contributed by atoms with Gasteiger partial charge in [-0.2, -0.15) is 5.10 Å². The third-order valence-corrected chi connectivity index (χ3v) is 8.85. The summed E-state index contributed by atoms with van der Waals surface area (Å²) in [7, 11) is 0. The Morgan fingerprint density at radius 3 is 2.42 bits per heavy atom. The van der Waals surface area contributed by atoms with Crippen LogP contribution in [0.3, 0.4) is 0 Å². The molecular formula is C28H43N5O3. The van der Waals surface area contributed by atoms with Gasteiger partial charge in [0.15, 0.2) is 0 Å². The highest BCUT2D eigenvalue weighted by atomic mass is 16.5. The number of carbonyl (C=O) groups is 2. The standard InChI is InChI=1S/C28H43N5O3/c1-4-11-36-26-23(25(34)32-24-20-13-18-12-19(15-20)16-21(24)14-18)17-30-33(26)10-7-28(2,3)27(35)31-22-5-8-29-9-6-22/h7,10,17-22,24,29H,4-6,8-9,11-16H2,1-3H3,(H,31,35)(H,32,34)/b10-7+. The lowest BCUT2D eigenvalue weighted by Gasteiger charge is -2.54. The zero-order valence-corrected chi connectivity index (χ0v) is 22.1. The summed E-state index contributed by atoms with van der Waals surface area (Å²) >= 11 is 0. The van der Waals surface area contributed by atoms with Gasteiger partial charge in [-0.05, 0) is 102 Å². The molecule has 1 aromatic heterocycles. The maximum atomic E-state index is 13.4. The van der Waals surface area contributed by atoms with Crippen LogP contribution >= 0.6 is 0 Å². The molecule has 3 N–H and O–H groups in total. The van der Waals surface area contributed by atoms with Crippen molar-refractivity contribution in [2.24, 2.45) is 29.1 Å². The second kappa shape index (κ2) is 10.6. The summed E-state index contributed by atoms with van der Waals surface area (Å²) in [4.78, 5) is 26.4. The van der Waals surface area contributed by atoms with E-state index in [1.807, 2.05) is 26.8 Å². The van der Waals surface area contributed by atoms with Gasteiger partial charge < -0.3 is 20.7 Å².